The fourth-order valence-electron chi connectivity index (χ4n) is 1.13. The summed E-state index contributed by atoms with van der Waals surface area (Å²) in [7, 11) is 0. The van der Waals surface area contributed by atoms with E-state index in [2.05, 4.69) is 0 Å². The van der Waals surface area contributed by atoms with Crippen LogP contribution in [0.1, 0.15) is 40.0 Å². The SMILES string of the molecule is CCOC(=O)C(C)(C)C(=O)CCCC(=O)[O-]. The number of ether oxygens (including phenoxy) is 1. The average Bonchev–Trinajstić information content (AvgIpc) is 2.17. The van der Waals surface area contributed by atoms with Gasteiger partial charge in [0, 0.05) is 12.4 Å². The highest BCUT2D eigenvalue weighted by Crippen LogP contribution is 2.21. The summed E-state index contributed by atoms with van der Waals surface area (Å²) < 4.78 is 4.77. The molecule has 0 aromatic heterocycles. The first kappa shape index (κ1) is 14.6. The van der Waals surface area contributed by atoms with Crippen LogP contribution in [0, 0.1) is 5.41 Å². The van der Waals surface area contributed by atoms with Crippen molar-refractivity contribution in [2.24, 2.45) is 5.41 Å². The van der Waals surface area contributed by atoms with Gasteiger partial charge in [0.1, 0.15) is 11.2 Å². The Morgan fingerprint density at radius 3 is 2.19 bits per heavy atom. The van der Waals surface area contributed by atoms with Crippen molar-refractivity contribution in [3.8, 4) is 0 Å². The number of aliphatic carboxylic acids is 1. The fraction of sp³-hybridized carbons (Fsp3) is 0.727. The van der Waals surface area contributed by atoms with Gasteiger partial charge in [-0.05, 0) is 33.6 Å². The van der Waals surface area contributed by atoms with Crippen LogP contribution in [0.3, 0.4) is 0 Å². The summed E-state index contributed by atoms with van der Waals surface area (Å²) in [4.78, 5) is 33.2. The number of Topliss-reactive ketones (excluding diaryl/α,β-unsaturated/α-hetero) is 1. The number of esters is 1. The van der Waals surface area contributed by atoms with Gasteiger partial charge in [0.15, 0.2) is 0 Å². The van der Waals surface area contributed by atoms with E-state index < -0.39 is 17.4 Å². The van der Waals surface area contributed by atoms with Gasteiger partial charge in [-0.15, -0.1) is 0 Å². The van der Waals surface area contributed by atoms with E-state index in [0.29, 0.717) is 0 Å². The van der Waals surface area contributed by atoms with Crippen LogP contribution >= 0.6 is 0 Å². The van der Waals surface area contributed by atoms with E-state index in [9.17, 15) is 19.5 Å². The van der Waals surface area contributed by atoms with Crippen molar-refractivity contribution >= 4 is 17.7 Å². The quantitative estimate of drug-likeness (QED) is 0.455. The molecule has 0 aliphatic heterocycles. The Bertz CT molecular complexity index is 280. The molecule has 0 unspecified atom stereocenters. The molecule has 92 valence electrons. The predicted octanol–water partition coefficient (Wildman–Crippen LogP) is 0.0650. The number of carboxylic acids is 1. The molecule has 0 saturated heterocycles. The number of carbonyl (C=O) groups is 3. The summed E-state index contributed by atoms with van der Waals surface area (Å²) in [6.07, 6.45) is 0.0500. The second kappa shape index (κ2) is 6.25. The smallest absolute Gasteiger partial charge is 0.319 e. The summed E-state index contributed by atoms with van der Waals surface area (Å²) in [6, 6.07) is 0. The highest BCUT2D eigenvalue weighted by Gasteiger charge is 2.36. The molecule has 5 nitrogen and oxygen atoms in total. The van der Waals surface area contributed by atoms with E-state index in [1.54, 1.807) is 6.92 Å². The summed E-state index contributed by atoms with van der Waals surface area (Å²) in [5.74, 6) is -2.08. The normalized spacial score (nSPS) is 10.9. The topological polar surface area (TPSA) is 83.5 Å². The Kier molecular flexibility index (Phi) is 5.71. The Labute approximate surface area is 94.8 Å². The zero-order chi connectivity index (χ0) is 12.8. The van der Waals surface area contributed by atoms with E-state index in [-0.39, 0.29) is 31.7 Å². The van der Waals surface area contributed by atoms with Crippen molar-refractivity contribution in [3.05, 3.63) is 0 Å². The lowest BCUT2D eigenvalue weighted by Gasteiger charge is -2.20. The molecule has 0 fully saturated rings. The molecular weight excluding hydrogens is 212 g/mol. The van der Waals surface area contributed by atoms with Gasteiger partial charge in [0.2, 0.25) is 0 Å². The van der Waals surface area contributed by atoms with Crippen LogP contribution in [0.25, 0.3) is 0 Å². The van der Waals surface area contributed by atoms with E-state index in [1.165, 1.54) is 13.8 Å². The highest BCUT2D eigenvalue weighted by molar-refractivity contribution is 6.02. The fourth-order valence-corrected chi connectivity index (χ4v) is 1.13. The lowest BCUT2D eigenvalue weighted by molar-refractivity contribution is -0.305. The lowest BCUT2D eigenvalue weighted by Crippen LogP contribution is -2.35. The predicted molar refractivity (Wildman–Crippen MR) is 54.3 cm³/mol. The van der Waals surface area contributed by atoms with Crippen molar-refractivity contribution in [1.29, 1.82) is 0 Å². The monoisotopic (exact) mass is 229 g/mol. The number of carbonyl (C=O) groups excluding carboxylic acids is 3. The third kappa shape index (κ3) is 4.42. The maximum atomic E-state index is 11.6. The van der Waals surface area contributed by atoms with Crippen LogP contribution in [0.2, 0.25) is 0 Å². The number of hydrogen-bond acceptors (Lipinski definition) is 5. The van der Waals surface area contributed by atoms with Crippen molar-refractivity contribution in [2.75, 3.05) is 6.61 Å². The lowest BCUT2D eigenvalue weighted by atomic mass is 9.85. The van der Waals surface area contributed by atoms with Crippen molar-refractivity contribution in [3.63, 3.8) is 0 Å². The summed E-state index contributed by atoms with van der Waals surface area (Å²) >= 11 is 0. The molecule has 0 aliphatic carbocycles. The number of hydrogen-bond donors (Lipinski definition) is 0. The Hall–Kier alpha value is -1.39. The molecule has 0 aromatic carbocycles. The molecule has 0 atom stereocenters. The van der Waals surface area contributed by atoms with Crippen molar-refractivity contribution in [1.82, 2.24) is 0 Å². The average molecular weight is 229 g/mol. The van der Waals surface area contributed by atoms with Crippen molar-refractivity contribution < 1.29 is 24.2 Å². The van der Waals surface area contributed by atoms with Crippen LogP contribution in [-0.2, 0) is 19.1 Å². The second-order valence-corrected chi connectivity index (χ2v) is 3.99. The Morgan fingerprint density at radius 2 is 1.75 bits per heavy atom. The molecule has 0 aliphatic rings. The van der Waals surface area contributed by atoms with Gasteiger partial charge < -0.3 is 14.6 Å². The van der Waals surface area contributed by atoms with Gasteiger partial charge in [0.25, 0.3) is 0 Å². The molecule has 16 heavy (non-hydrogen) atoms. The number of ketones is 1. The van der Waals surface area contributed by atoms with E-state index in [0.717, 1.165) is 0 Å². The van der Waals surface area contributed by atoms with Crippen LogP contribution in [0.4, 0.5) is 0 Å². The molecule has 0 bridgehead atoms. The molecule has 0 spiro atoms. The highest BCUT2D eigenvalue weighted by atomic mass is 16.5. The molecular formula is C11H17O5-. The standard InChI is InChI=1S/C11H18O5/c1-4-16-10(15)11(2,3)8(12)6-5-7-9(13)14/h4-7H2,1-3H3,(H,13,14)/p-1. The third-order valence-electron chi connectivity index (χ3n) is 2.27. The van der Waals surface area contributed by atoms with E-state index >= 15 is 0 Å². The summed E-state index contributed by atoms with van der Waals surface area (Å²) in [5, 5.41) is 10.2. The summed E-state index contributed by atoms with van der Waals surface area (Å²) in [6.45, 7) is 4.84. The van der Waals surface area contributed by atoms with Crippen LogP contribution < -0.4 is 5.11 Å². The van der Waals surface area contributed by atoms with Gasteiger partial charge in [-0.1, -0.05) is 0 Å². The number of rotatable bonds is 7. The molecule has 0 heterocycles. The van der Waals surface area contributed by atoms with Gasteiger partial charge in [-0.25, -0.2) is 0 Å². The zero-order valence-electron chi connectivity index (χ0n) is 9.87. The molecule has 0 saturated carbocycles. The molecule has 5 heteroatoms. The van der Waals surface area contributed by atoms with Gasteiger partial charge in [0.05, 0.1) is 6.61 Å². The summed E-state index contributed by atoms with van der Waals surface area (Å²) in [5.41, 5.74) is -1.21. The van der Waals surface area contributed by atoms with E-state index in [1.807, 2.05) is 0 Å². The van der Waals surface area contributed by atoms with E-state index in [4.69, 9.17) is 4.74 Å². The third-order valence-corrected chi connectivity index (χ3v) is 2.27. The molecule has 0 N–H and O–H groups in total. The van der Waals surface area contributed by atoms with Crippen LogP contribution in [0.15, 0.2) is 0 Å². The minimum absolute atomic E-state index is 0.0415. The second-order valence-electron chi connectivity index (χ2n) is 3.99. The zero-order valence-corrected chi connectivity index (χ0v) is 9.87. The van der Waals surface area contributed by atoms with Gasteiger partial charge >= 0.3 is 5.97 Å². The maximum absolute atomic E-state index is 11.6. The van der Waals surface area contributed by atoms with Gasteiger partial charge in [-0.2, -0.15) is 0 Å². The van der Waals surface area contributed by atoms with Crippen LogP contribution in [0.5, 0.6) is 0 Å². The maximum Gasteiger partial charge on any atom is 0.319 e. The first-order valence-electron chi connectivity index (χ1n) is 5.22. The van der Waals surface area contributed by atoms with Gasteiger partial charge in [-0.3, -0.25) is 9.59 Å². The molecule has 0 radical (unpaired) electrons. The number of carboxylic acid groups (broad SMARTS) is 1. The minimum Gasteiger partial charge on any atom is -0.550 e. The molecule has 0 rings (SSSR count). The molecule has 0 amide bonds. The first-order valence-corrected chi connectivity index (χ1v) is 5.22. The van der Waals surface area contributed by atoms with Crippen molar-refractivity contribution in [2.45, 2.75) is 40.0 Å². The largest absolute Gasteiger partial charge is 0.550 e. The molecule has 0 aromatic rings. The minimum atomic E-state index is -1.21. The Morgan fingerprint density at radius 1 is 1.19 bits per heavy atom. The Balaban J connectivity index is 4.24. The van der Waals surface area contributed by atoms with Crippen LogP contribution in [-0.4, -0.2) is 24.3 Å². The first-order chi connectivity index (χ1) is 7.32.